The van der Waals surface area contributed by atoms with Crippen molar-refractivity contribution in [3.63, 3.8) is 0 Å². The molecule has 0 aromatic carbocycles. The van der Waals surface area contributed by atoms with E-state index in [1.54, 1.807) is 11.3 Å². The summed E-state index contributed by atoms with van der Waals surface area (Å²) in [6, 6.07) is 0. The molecule has 1 aromatic heterocycles. The van der Waals surface area contributed by atoms with Crippen LogP contribution in [0.1, 0.15) is 48.8 Å². The van der Waals surface area contributed by atoms with Gasteiger partial charge in [0.1, 0.15) is 0 Å². The largest absolute Gasteiger partial charge is 0.387 e. The molecule has 1 N–H and O–H groups in total. The maximum atomic E-state index is 10.1. The lowest BCUT2D eigenvalue weighted by Crippen LogP contribution is -2.56. The van der Waals surface area contributed by atoms with Gasteiger partial charge < -0.3 is 14.9 Å². The van der Waals surface area contributed by atoms with E-state index in [-0.39, 0.29) is 6.10 Å². The molecule has 5 heteroatoms. The number of rotatable bonds is 4. The minimum Gasteiger partial charge on any atom is -0.387 e. The first kappa shape index (κ1) is 14.3. The fraction of sp³-hybridized carbons (Fsp3) is 0.800. The summed E-state index contributed by atoms with van der Waals surface area (Å²) in [5.41, 5.74) is 1.26. The monoisotopic (exact) mass is 295 g/mol. The van der Waals surface area contributed by atoms with Crippen LogP contribution in [0.5, 0.6) is 0 Å². The van der Waals surface area contributed by atoms with Gasteiger partial charge in [-0.1, -0.05) is 0 Å². The smallest absolute Gasteiger partial charge is 0.185 e. The summed E-state index contributed by atoms with van der Waals surface area (Å²) in [5.74, 6) is 0. The van der Waals surface area contributed by atoms with Crippen molar-refractivity contribution in [3.05, 3.63) is 10.6 Å². The molecule has 2 aliphatic carbocycles. The summed E-state index contributed by atoms with van der Waals surface area (Å²) in [5, 5.41) is 11.1. The van der Waals surface area contributed by atoms with Crippen LogP contribution in [0.2, 0.25) is 0 Å². The third kappa shape index (κ3) is 2.36. The zero-order valence-corrected chi connectivity index (χ0v) is 13.5. The van der Waals surface area contributed by atoms with Crippen LogP contribution in [0.15, 0.2) is 0 Å². The number of aliphatic hydroxyl groups excluding tert-OH is 1. The van der Waals surface area contributed by atoms with Crippen LogP contribution < -0.4 is 4.90 Å². The fourth-order valence-corrected chi connectivity index (χ4v) is 4.50. The van der Waals surface area contributed by atoms with E-state index in [1.165, 1.54) is 24.1 Å². The number of fused-ring (bicyclic) bond motifs is 1. The van der Waals surface area contributed by atoms with Crippen molar-refractivity contribution in [3.8, 4) is 0 Å². The number of aromatic nitrogens is 1. The molecule has 1 atom stereocenters. The van der Waals surface area contributed by atoms with E-state index >= 15 is 0 Å². The lowest BCUT2D eigenvalue weighted by molar-refractivity contribution is 0.0683. The van der Waals surface area contributed by atoms with Gasteiger partial charge in [0, 0.05) is 24.0 Å². The minimum absolute atomic E-state index is 0.319. The summed E-state index contributed by atoms with van der Waals surface area (Å²) in [4.78, 5) is 10.7. The molecule has 0 saturated heterocycles. The summed E-state index contributed by atoms with van der Waals surface area (Å²) < 4.78 is 0. The van der Waals surface area contributed by atoms with Crippen molar-refractivity contribution in [2.45, 2.75) is 50.2 Å². The Labute approximate surface area is 125 Å². The standard InChI is InChI=1S/C15H25N3OS/c1-17(2)15(8-5-9-15)10-18(3)14-16-13-11(19)6-4-7-12(13)20-14/h11,19H,4-10H2,1-3H3. The molecular weight excluding hydrogens is 270 g/mol. The number of nitrogens with zero attached hydrogens (tertiary/aromatic N) is 3. The predicted octanol–water partition coefficient (Wildman–Crippen LogP) is 2.43. The minimum atomic E-state index is -0.344. The number of hydrogen-bond acceptors (Lipinski definition) is 5. The van der Waals surface area contributed by atoms with Crippen LogP contribution >= 0.6 is 11.3 Å². The number of likely N-dealkylation sites (N-methyl/N-ethyl adjacent to an activating group) is 2. The van der Waals surface area contributed by atoms with Gasteiger partial charge in [0.05, 0.1) is 11.8 Å². The van der Waals surface area contributed by atoms with E-state index in [1.807, 2.05) is 0 Å². The molecule has 3 rings (SSSR count). The highest BCUT2D eigenvalue weighted by atomic mass is 32.1. The lowest BCUT2D eigenvalue weighted by Gasteiger charge is -2.49. The molecule has 1 unspecified atom stereocenters. The number of aliphatic hydroxyl groups is 1. The van der Waals surface area contributed by atoms with Crippen molar-refractivity contribution in [1.29, 1.82) is 0 Å². The van der Waals surface area contributed by atoms with Crippen LogP contribution in [0.4, 0.5) is 5.13 Å². The highest BCUT2D eigenvalue weighted by Gasteiger charge is 2.40. The molecule has 0 spiro atoms. The summed E-state index contributed by atoms with van der Waals surface area (Å²) in [7, 11) is 6.51. The van der Waals surface area contributed by atoms with Gasteiger partial charge in [0.15, 0.2) is 5.13 Å². The van der Waals surface area contributed by atoms with Crippen LogP contribution in [0.25, 0.3) is 0 Å². The average Bonchev–Trinajstić information content (AvgIpc) is 2.78. The number of thiazole rings is 1. The molecule has 1 saturated carbocycles. The van der Waals surface area contributed by atoms with Crippen LogP contribution in [0.3, 0.4) is 0 Å². The van der Waals surface area contributed by atoms with Crippen molar-refractivity contribution in [1.82, 2.24) is 9.88 Å². The van der Waals surface area contributed by atoms with Crippen molar-refractivity contribution in [2.75, 3.05) is 32.6 Å². The van der Waals surface area contributed by atoms with Crippen LogP contribution in [-0.4, -0.2) is 48.2 Å². The Morgan fingerprint density at radius 1 is 1.30 bits per heavy atom. The van der Waals surface area contributed by atoms with Crippen LogP contribution in [-0.2, 0) is 6.42 Å². The molecule has 1 fully saturated rings. The Kier molecular flexibility index (Phi) is 3.77. The van der Waals surface area contributed by atoms with Gasteiger partial charge in [0.25, 0.3) is 0 Å². The van der Waals surface area contributed by atoms with Gasteiger partial charge in [-0.05, 0) is 52.6 Å². The predicted molar refractivity (Wildman–Crippen MR) is 83.6 cm³/mol. The van der Waals surface area contributed by atoms with Gasteiger partial charge in [-0.2, -0.15) is 0 Å². The van der Waals surface area contributed by atoms with Crippen molar-refractivity contribution in [2.24, 2.45) is 0 Å². The Morgan fingerprint density at radius 3 is 2.60 bits per heavy atom. The summed E-state index contributed by atoms with van der Waals surface area (Å²) >= 11 is 1.77. The molecule has 0 amide bonds. The summed E-state index contributed by atoms with van der Waals surface area (Å²) in [6.07, 6.45) is 6.57. The zero-order chi connectivity index (χ0) is 14.3. The lowest BCUT2D eigenvalue weighted by atomic mass is 9.75. The second kappa shape index (κ2) is 5.28. The molecule has 1 aromatic rings. The van der Waals surface area contributed by atoms with E-state index in [2.05, 4.69) is 30.9 Å². The molecular formula is C15H25N3OS. The molecule has 112 valence electrons. The Hall–Kier alpha value is -0.650. The van der Waals surface area contributed by atoms with E-state index in [4.69, 9.17) is 4.98 Å². The molecule has 2 aliphatic rings. The van der Waals surface area contributed by atoms with E-state index in [9.17, 15) is 5.11 Å². The fourth-order valence-electron chi connectivity index (χ4n) is 3.39. The Morgan fingerprint density at radius 2 is 2.05 bits per heavy atom. The Balaban J connectivity index is 1.76. The van der Waals surface area contributed by atoms with Gasteiger partial charge in [-0.15, -0.1) is 11.3 Å². The first-order chi connectivity index (χ1) is 9.52. The summed E-state index contributed by atoms with van der Waals surface area (Å²) in [6.45, 7) is 1.03. The van der Waals surface area contributed by atoms with Crippen molar-refractivity contribution >= 4 is 16.5 Å². The first-order valence-corrected chi connectivity index (χ1v) is 8.40. The second-order valence-electron chi connectivity index (χ2n) is 6.54. The molecule has 0 bridgehead atoms. The van der Waals surface area contributed by atoms with E-state index in [0.717, 1.165) is 36.6 Å². The molecule has 4 nitrogen and oxygen atoms in total. The maximum Gasteiger partial charge on any atom is 0.185 e. The highest BCUT2D eigenvalue weighted by Crippen LogP contribution is 2.40. The molecule has 20 heavy (non-hydrogen) atoms. The Bertz CT molecular complexity index is 481. The van der Waals surface area contributed by atoms with E-state index in [0.29, 0.717) is 5.54 Å². The van der Waals surface area contributed by atoms with Crippen LogP contribution in [0, 0.1) is 0 Å². The van der Waals surface area contributed by atoms with Crippen molar-refractivity contribution < 1.29 is 5.11 Å². The maximum absolute atomic E-state index is 10.1. The molecule has 0 aliphatic heterocycles. The number of aryl methyl sites for hydroxylation is 1. The van der Waals surface area contributed by atoms with Gasteiger partial charge in [0.2, 0.25) is 0 Å². The van der Waals surface area contributed by atoms with E-state index < -0.39 is 0 Å². The zero-order valence-electron chi connectivity index (χ0n) is 12.7. The SMILES string of the molecule is CN(CC1(N(C)C)CCC1)c1nc2c(s1)CCCC2O. The quantitative estimate of drug-likeness (QED) is 0.926. The third-order valence-electron chi connectivity index (χ3n) is 5.00. The van der Waals surface area contributed by atoms with Gasteiger partial charge in [-0.25, -0.2) is 4.98 Å². The number of hydrogen-bond donors (Lipinski definition) is 1. The molecule has 1 heterocycles. The molecule has 0 radical (unpaired) electrons. The highest BCUT2D eigenvalue weighted by molar-refractivity contribution is 7.15. The average molecular weight is 295 g/mol. The first-order valence-electron chi connectivity index (χ1n) is 7.58. The van der Waals surface area contributed by atoms with Gasteiger partial charge in [-0.3, -0.25) is 0 Å². The topological polar surface area (TPSA) is 39.6 Å². The normalized spacial score (nSPS) is 24.4. The third-order valence-corrected chi connectivity index (χ3v) is 6.25. The number of anilines is 1. The second-order valence-corrected chi connectivity index (χ2v) is 7.60. The van der Waals surface area contributed by atoms with Gasteiger partial charge >= 0.3 is 0 Å².